The van der Waals surface area contributed by atoms with E-state index in [1.807, 2.05) is 0 Å². The molecule has 0 amide bonds. The number of aliphatic carboxylic acids is 1. The summed E-state index contributed by atoms with van der Waals surface area (Å²) in [4.78, 5) is 9.70. The van der Waals surface area contributed by atoms with Crippen LogP contribution in [0.3, 0.4) is 0 Å². The zero-order chi connectivity index (χ0) is 14.8. The van der Waals surface area contributed by atoms with Gasteiger partial charge in [-0.25, -0.2) is 0 Å². The summed E-state index contributed by atoms with van der Waals surface area (Å²) in [6.07, 6.45) is -0.0252. The number of aliphatic hydroxyl groups excluding tert-OH is 1. The molecule has 0 heterocycles. The Morgan fingerprint density at radius 2 is 1.84 bits per heavy atom. The third kappa shape index (κ3) is 7.24. The van der Waals surface area contributed by atoms with Crippen LogP contribution in [-0.2, 0) is 4.79 Å². The number of carboxylic acid groups (broad SMARTS) is 1. The first-order chi connectivity index (χ1) is 8.92. The number of phenolic OH excluding ortho intramolecular Hbond substituents is 2. The number of aromatic hydroxyl groups is 2. The molecule has 0 aromatic heterocycles. The van der Waals surface area contributed by atoms with Gasteiger partial charge in [0.25, 0.3) is 0 Å². The number of carbonyl (C=O) groups is 1. The third-order valence-corrected chi connectivity index (χ3v) is 2.20. The number of nitrogens with two attached hydrogens (primary N) is 2. The van der Waals surface area contributed by atoms with E-state index >= 15 is 0 Å². The van der Waals surface area contributed by atoms with Gasteiger partial charge in [-0.2, -0.15) is 0 Å². The van der Waals surface area contributed by atoms with Crippen LogP contribution in [0.15, 0.2) is 18.2 Å². The summed E-state index contributed by atoms with van der Waals surface area (Å²) in [5.41, 5.74) is 10.7. The summed E-state index contributed by atoms with van der Waals surface area (Å²) >= 11 is 0. The number of hydrogen-bond donors (Lipinski definition) is 6. The predicted molar refractivity (Wildman–Crippen MR) is 69.7 cm³/mol. The van der Waals surface area contributed by atoms with Crippen molar-refractivity contribution in [3.8, 4) is 11.5 Å². The van der Waals surface area contributed by atoms with Crippen LogP contribution in [0.25, 0.3) is 0 Å². The monoisotopic (exact) mass is 272 g/mol. The molecule has 0 bridgehead atoms. The molecule has 1 aromatic rings. The van der Waals surface area contributed by atoms with Crippen LogP contribution in [-0.4, -0.2) is 39.5 Å². The maximum absolute atomic E-state index is 9.70. The topological polar surface area (TPSA) is 150 Å². The lowest BCUT2D eigenvalue weighted by molar-refractivity contribution is -0.137. The highest BCUT2D eigenvalue weighted by molar-refractivity contribution is 5.66. The van der Waals surface area contributed by atoms with E-state index in [1.165, 1.54) is 18.2 Å². The van der Waals surface area contributed by atoms with Crippen molar-refractivity contribution in [1.82, 2.24) is 0 Å². The molecule has 0 radical (unpaired) electrons. The number of benzene rings is 1. The Kier molecular flexibility index (Phi) is 8.27. The summed E-state index contributed by atoms with van der Waals surface area (Å²) in [6.45, 7) is 0.552. The second-order valence-corrected chi connectivity index (χ2v) is 3.79. The van der Waals surface area contributed by atoms with Crippen LogP contribution < -0.4 is 11.5 Å². The van der Waals surface area contributed by atoms with Gasteiger partial charge in [0.15, 0.2) is 11.5 Å². The molecular formula is C12H20N2O5. The van der Waals surface area contributed by atoms with Crippen LogP contribution in [0.1, 0.15) is 24.5 Å². The molecule has 0 unspecified atom stereocenters. The number of carboxylic acids is 1. The van der Waals surface area contributed by atoms with E-state index in [-0.39, 0.29) is 24.5 Å². The molecule has 1 atom stereocenters. The molecule has 0 spiro atoms. The molecule has 0 aliphatic carbocycles. The molecule has 8 N–H and O–H groups in total. The van der Waals surface area contributed by atoms with Gasteiger partial charge in [-0.05, 0) is 30.7 Å². The third-order valence-electron chi connectivity index (χ3n) is 2.20. The van der Waals surface area contributed by atoms with Gasteiger partial charge in [0.2, 0.25) is 0 Å². The zero-order valence-electron chi connectivity index (χ0n) is 10.5. The molecule has 0 fully saturated rings. The minimum atomic E-state index is -0.795. The quantitative estimate of drug-likeness (QED) is 0.409. The van der Waals surface area contributed by atoms with Gasteiger partial charge in [-0.1, -0.05) is 6.07 Å². The molecule has 0 aliphatic rings. The van der Waals surface area contributed by atoms with E-state index in [4.69, 9.17) is 26.8 Å². The van der Waals surface area contributed by atoms with Crippen LogP contribution in [0.5, 0.6) is 11.5 Å². The average Bonchev–Trinajstić information content (AvgIpc) is 2.39. The van der Waals surface area contributed by atoms with E-state index in [2.05, 4.69) is 0 Å². The maximum Gasteiger partial charge on any atom is 0.303 e. The lowest BCUT2D eigenvalue weighted by atomic mass is 10.1. The van der Waals surface area contributed by atoms with Gasteiger partial charge >= 0.3 is 5.97 Å². The van der Waals surface area contributed by atoms with Crippen molar-refractivity contribution >= 4 is 5.97 Å². The van der Waals surface area contributed by atoms with Gasteiger partial charge in [-0.3, -0.25) is 4.79 Å². The van der Waals surface area contributed by atoms with E-state index in [9.17, 15) is 9.90 Å². The zero-order valence-corrected chi connectivity index (χ0v) is 10.5. The van der Waals surface area contributed by atoms with Crippen molar-refractivity contribution in [1.29, 1.82) is 0 Å². The van der Waals surface area contributed by atoms with Crippen LogP contribution in [0.2, 0.25) is 0 Å². The standard InChI is InChI=1S/C8H11NO3.C4H9NO2/c9-4-8(12)5-1-2-6(10)7(11)3-5;5-3-1-2-4(6)7/h1-3,8,10-12H,4,9H2;1-3,5H2,(H,6,7)/t8-;/m0./s1. The Hall–Kier alpha value is -1.83. The highest BCUT2D eigenvalue weighted by Crippen LogP contribution is 2.27. The van der Waals surface area contributed by atoms with Crippen molar-refractivity contribution in [2.45, 2.75) is 18.9 Å². The van der Waals surface area contributed by atoms with E-state index in [1.54, 1.807) is 0 Å². The fourth-order valence-corrected chi connectivity index (χ4v) is 1.14. The van der Waals surface area contributed by atoms with Crippen molar-refractivity contribution in [3.05, 3.63) is 23.8 Å². The lowest BCUT2D eigenvalue weighted by Gasteiger charge is -2.08. The first kappa shape index (κ1) is 17.2. The number of phenols is 2. The van der Waals surface area contributed by atoms with E-state index < -0.39 is 12.1 Å². The molecule has 0 saturated carbocycles. The minimum Gasteiger partial charge on any atom is -0.504 e. The normalized spacial score (nSPS) is 11.3. The summed E-state index contributed by atoms with van der Waals surface area (Å²) < 4.78 is 0. The average molecular weight is 272 g/mol. The Morgan fingerprint density at radius 1 is 1.21 bits per heavy atom. The van der Waals surface area contributed by atoms with Crippen molar-refractivity contribution in [2.75, 3.05) is 13.1 Å². The second kappa shape index (κ2) is 9.15. The number of aliphatic hydroxyl groups is 1. The maximum atomic E-state index is 9.70. The Morgan fingerprint density at radius 3 is 2.21 bits per heavy atom. The van der Waals surface area contributed by atoms with E-state index in [0.717, 1.165) is 0 Å². The van der Waals surface area contributed by atoms with Crippen LogP contribution >= 0.6 is 0 Å². The largest absolute Gasteiger partial charge is 0.504 e. The molecule has 108 valence electrons. The molecule has 19 heavy (non-hydrogen) atoms. The first-order valence-corrected chi connectivity index (χ1v) is 5.74. The van der Waals surface area contributed by atoms with Crippen molar-refractivity contribution < 1.29 is 25.2 Å². The highest BCUT2D eigenvalue weighted by Gasteiger charge is 2.07. The summed E-state index contributed by atoms with van der Waals surface area (Å²) in [5, 5.41) is 35.2. The van der Waals surface area contributed by atoms with Gasteiger partial charge in [0, 0.05) is 13.0 Å². The van der Waals surface area contributed by atoms with Gasteiger partial charge in [-0.15, -0.1) is 0 Å². The first-order valence-electron chi connectivity index (χ1n) is 5.74. The summed E-state index contributed by atoms with van der Waals surface area (Å²) in [6, 6.07) is 4.10. The summed E-state index contributed by atoms with van der Waals surface area (Å²) in [7, 11) is 0. The van der Waals surface area contributed by atoms with Crippen molar-refractivity contribution in [2.24, 2.45) is 11.5 Å². The van der Waals surface area contributed by atoms with Crippen LogP contribution in [0, 0.1) is 0 Å². The fraction of sp³-hybridized carbons (Fsp3) is 0.417. The Bertz CT molecular complexity index is 398. The molecule has 7 heteroatoms. The Balaban J connectivity index is 0.000000399. The van der Waals surface area contributed by atoms with Gasteiger partial charge in [0.05, 0.1) is 6.10 Å². The molecule has 0 saturated heterocycles. The molecule has 0 aliphatic heterocycles. The lowest BCUT2D eigenvalue weighted by Crippen LogP contribution is -2.11. The fourth-order valence-electron chi connectivity index (χ4n) is 1.14. The molecular weight excluding hydrogens is 252 g/mol. The smallest absolute Gasteiger partial charge is 0.303 e. The van der Waals surface area contributed by atoms with Gasteiger partial charge < -0.3 is 31.9 Å². The second-order valence-electron chi connectivity index (χ2n) is 3.79. The minimum absolute atomic E-state index is 0.0875. The Labute approximate surface area is 111 Å². The molecule has 7 nitrogen and oxygen atoms in total. The SMILES string of the molecule is NCCCC(=O)O.NC[C@H](O)c1ccc(O)c(O)c1. The van der Waals surface area contributed by atoms with E-state index in [0.29, 0.717) is 18.5 Å². The van der Waals surface area contributed by atoms with Crippen LogP contribution in [0.4, 0.5) is 0 Å². The molecule has 1 rings (SSSR count). The number of hydrogen-bond acceptors (Lipinski definition) is 6. The predicted octanol–water partition coefficient (Wildman–Crippen LogP) is -0.100. The molecule has 1 aromatic carbocycles. The number of rotatable bonds is 5. The highest BCUT2D eigenvalue weighted by atomic mass is 16.4. The van der Waals surface area contributed by atoms with Gasteiger partial charge in [0.1, 0.15) is 0 Å². The summed E-state index contributed by atoms with van der Waals surface area (Å²) in [5.74, 6) is -1.23. The van der Waals surface area contributed by atoms with Crippen molar-refractivity contribution in [3.63, 3.8) is 0 Å².